The van der Waals surface area contributed by atoms with Gasteiger partial charge in [0.15, 0.2) is 0 Å². The zero-order chi connectivity index (χ0) is 21.1. The van der Waals surface area contributed by atoms with Crippen molar-refractivity contribution in [3.05, 3.63) is 36.0 Å². The molecule has 1 saturated carbocycles. The number of nitrogens with zero attached hydrogens (tertiary/aromatic N) is 3. The van der Waals surface area contributed by atoms with E-state index in [1.165, 1.54) is 24.2 Å². The smallest absolute Gasteiger partial charge is 0.253 e. The number of hydrogen-bond donors (Lipinski definition) is 2. The lowest BCUT2D eigenvalue weighted by atomic mass is 9.98. The average Bonchev–Trinajstić information content (AvgIpc) is 3.23. The van der Waals surface area contributed by atoms with Crippen molar-refractivity contribution in [2.24, 2.45) is 0 Å². The Morgan fingerprint density at radius 2 is 1.97 bits per heavy atom. The number of rotatable bonds is 6. The normalized spacial score (nSPS) is 14.5. The molecule has 30 heavy (non-hydrogen) atoms. The molecule has 1 aliphatic carbocycles. The van der Waals surface area contributed by atoms with Crippen LogP contribution in [0.4, 0.5) is 11.6 Å². The molecule has 0 bridgehead atoms. The summed E-state index contributed by atoms with van der Waals surface area (Å²) in [7, 11) is 5.00. The monoisotopic (exact) mass is 409 g/mol. The fraction of sp³-hybridized carbons (Fsp3) is 0.409. The molecule has 0 atom stereocenters. The lowest BCUT2D eigenvalue weighted by Crippen LogP contribution is -2.21. The summed E-state index contributed by atoms with van der Waals surface area (Å²) in [6, 6.07) is 7.18. The van der Waals surface area contributed by atoms with Crippen LogP contribution in [0.25, 0.3) is 11.0 Å². The summed E-state index contributed by atoms with van der Waals surface area (Å²) in [6.07, 6.45) is 7.76. The summed E-state index contributed by atoms with van der Waals surface area (Å²) in [5.41, 5.74) is 1.92. The van der Waals surface area contributed by atoms with Gasteiger partial charge < -0.3 is 24.7 Å². The molecule has 1 aliphatic rings. The van der Waals surface area contributed by atoms with E-state index in [2.05, 4.69) is 20.3 Å². The highest BCUT2D eigenvalue weighted by Gasteiger charge is 2.19. The maximum Gasteiger partial charge on any atom is 0.253 e. The number of nitrogens with one attached hydrogen (secondary N) is 2. The van der Waals surface area contributed by atoms with Crippen LogP contribution < -0.4 is 14.8 Å². The van der Waals surface area contributed by atoms with Crippen LogP contribution in [0.2, 0.25) is 0 Å². The molecule has 0 aliphatic heterocycles. The summed E-state index contributed by atoms with van der Waals surface area (Å²) in [4.78, 5) is 26.1. The van der Waals surface area contributed by atoms with E-state index in [-0.39, 0.29) is 12.0 Å². The van der Waals surface area contributed by atoms with Crippen LogP contribution in [0.3, 0.4) is 0 Å². The minimum absolute atomic E-state index is 0.0907. The van der Waals surface area contributed by atoms with E-state index in [0.29, 0.717) is 34.5 Å². The molecule has 8 heteroatoms. The molecule has 1 aromatic carbocycles. The number of hydrogen-bond acceptors (Lipinski definition) is 6. The lowest BCUT2D eigenvalue weighted by molar-refractivity contribution is 0.0827. The predicted octanol–water partition coefficient (Wildman–Crippen LogP) is 4.12. The van der Waals surface area contributed by atoms with Crippen LogP contribution >= 0.6 is 0 Å². The molecule has 2 heterocycles. The first-order valence-electron chi connectivity index (χ1n) is 10.2. The van der Waals surface area contributed by atoms with Gasteiger partial charge in [0, 0.05) is 25.9 Å². The van der Waals surface area contributed by atoms with Gasteiger partial charge in [-0.25, -0.2) is 0 Å². The summed E-state index contributed by atoms with van der Waals surface area (Å²) in [5, 5.41) is 4.07. The number of anilines is 2. The van der Waals surface area contributed by atoms with Crippen LogP contribution in [0, 0.1) is 0 Å². The van der Waals surface area contributed by atoms with Crippen molar-refractivity contribution in [1.29, 1.82) is 0 Å². The van der Waals surface area contributed by atoms with E-state index in [9.17, 15) is 4.79 Å². The van der Waals surface area contributed by atoms with Crippen molar-refractivity contribution in [3.8, 4) is 11.6 Å². The van der Waals surface area contributed by atoms with E-state index in [1.54, 1.807) is 39.4 Å². The highest BCUT2D eigenvalue weighted by atomic mass is 16.5. The molecule has 2 aromatic heterocycles. The molecule has 0 saturated heterocycles. The van der Waals surface area contributed by atoms with Crippen LogP contribution in [0.1, 0.15) is 42.5 Å². The van der Waals surface area contributed by atoms with Crippen LogP contribution in [0.5, 0.6) is 11.6 Å². The van der Waals surface area contributed by atoms with E-state index in [4.69, 9.17) is 9.47 Å². The summed E-state index contributed by atoms with van der Waals surface area (Å²) in [6.45, 7) is 0. The van der Waals surface area contributed by atoms with Crippen molar-refractivity contribution in [3.63, 3.8) is 0 Å². The molecule has 158 valence electrons. The third-order valence-corrected chi connectivity index (χ3v) is 5.31. The minimum Gasteiger partial charge on any atom is -0.495 e. The molecule has 0 unspecified atom stereocenters. The highest BCUT2D eigenvalue weighted by Crippen LogP contribution is 2.32. The summed E-state index contributed by atoms with van der Waals surface area (Å²) >= 11 is 0. The molecule has 3 aromatic rings. The summed E-state index contributed by atoms with van der Waals surface area (Å²) < 4.78 is 11.7. The highest BCUT2D eigenvalue weighted by molar-refractivity contribution is 5.95. The molecule has 2 N–H and O–H groups in total. The number of aromatic amines is 1. The number of benzene rings is 1. The number of ether oxygens (including phenoxy) is 2. The fourth-order valence-electron chi connectivity index (χ4n) is 3.71. The second-order valence-corrected chi connectivity index (χ2v) is 7.71. The van der Waals surface area contributed by atoms with E-state index >= 15 is 0 Å². The molecule has 1 fully saturated rings. The van der Waals surface area contributed by atoms with Gasteiger partial charge in [-0.15, -0.1) is 0 Å². The van der Waals surface area contributed by atoms with Crippen molar-refractivity contribution in [1.82, 2.24) is 19.9 Å². The number of amides is 1. The van der Waals surface area contributed by atoms with Gasteiger partial charge in [0.2, 0.25) is 11.8 Å². The Morgan fingerprint density at radius 3 is 2.70 bits per heavy atom. The zero-order valence-electron chi connectivity index (χ0n) is 17.6. The Kier molecular flexibility index (Phi) is 5.74. The number of fused-ring (bicyclic) bond motifs is 1. The Bertz CT molecular complexity index is 1040. The molecule has 0 spiro atoms. The van der Waals surface area contributed by atoms with Crippen LogP contribution in [0.15, 0.2) is 30.5 Å². The predicted molar refractivity (Wildman–Crippen MR) is 116 cm³/mol. The van der Waals surface area contributed by atoms with Gasteiger partial charge >= 0.3 is 0 Å². The van der Waals surface area contributed by atoms with Crippen molar-refractivity contribution in [2.45, 2.75) is 38.2 Å². The SMILES string of the molecule is COc1cc(C(=O)N(C)C)ccc1Nc1nc(OC2CCCCC2)c2cc[nH]c2n1. The van der Waals surface area contributed by atoms with Gasteiger partial charge in [0.05, 0.1) is 18.2 Å². The molecular weight excluding hydrogens is 382 g/mol. The standard InChI is InChI=1S/C22H27N5O3/c1-27(2)21(28)14-9-10-17(18(13-14)29-3)24-22-25-19-16(11-12-23-19)20(26-22)30-15-7-5-4-6-8-15/h9-13,15H,4-8H2,1-3H3,(H2,23,24,25,26). The second kappa shape index (κ2) is 8.61. The number of carbonyl (C=O) groups is 1. The number of H-pyrrole nitrogens is 1. The van der Waals surface area contributed by atoms with Gasteiger partial charge in [0.25, 0.3) is 5.91 Å². The van der Waals surface area contributed by atoms with Gasteiger partial charge in [0.1, 0.15) is 17.5 Å². The molecule has 4 rings (SSSR count). The molecular formula is C22H27N5O3. The number of carbonyl (C=O) groups excluding carboxylic acids is 1. The van der Waals surface area contributed by atoms with Gasteiger partial charge in [-0.05, 0) is 49.9 Å². The first-order chi connectivity index (χ1) is 14.5. The maximum absolute atomic E-state index is 12.2. The van der Waals surface area contributed by atoms with Crippen LogP contribution in [-0.2, 0) is 0 Å². The number of methoxy groups -OCH3 is 1. The largest absolute Gasteiger partial charge is 0.495 e. The minimum atomic E-state index is -0.0907. The van der Waals surface area contributed by atoms with Gasteiger partial charge in [-0.3, -0.25) is 4.79 Å². The fourth-order valence-corrected chi connectivity index (χ4v) is 3.71. The first kappa shape index (κ1) is 20.0. The van der Waals surface area contributed by atoms with Gasteiger partial charge in [-0.2, -0.15) is 9.97 Å². The molecule has 8 nitrogen and oxygen atoms in total. The van der Waals surface area contributed by atoms with Crippen molar-refractivity contribution < 1.29 is 14.3 Å². The van der Waals surface area contributed by atoms with Crippen molar-refractivity contribution in [2.75, 3.05) is 26.5 Å². The number of aromatic nitrogens is 3. The maximum atomic E-state index is 12.2. The quantitative estimate of drug-likeness (QED) is 0.636. The second-order valence-electron chi connectivity index (χ2n) is 7.71. The Balaban J connectivity index is 1.62. The topological polar surface area (TPSA) is 92.4 Å². The van der Waals surface area contributed by atoms with Crippen molar-refractivity contribution >= 4 is 28.6 Å². The molecule has 1 amide bonds. The lowest BCUT2D eigenvalue weighted by Gasteiger charge is -2.23. The Morgan fingerprint density at radius 1 is 1.17 bits per heavy atom. The first-order valence-corrected chi connectivity index (χ1v) is 10.2. The van der Waals surface area contributed by atoms with E-state index in [1.807, 2.05) is 12.3 Å². The zero-order valence-corrected chi connectivity index (χ0v) is 17.6. The van der Waals surface area contributed by atoms with E-state index < -0.39 is 0 Å². The van der Waals surface area contributed by atoms with Gasteiger partial charge in [-0.1, -0.05) is 6.42 Å². The molecule has 0 radical (unpaired) electrons. The summed E-state index contributed by atoms with van der Waals surface area (Å²) in [5.74, 6) is 1.43. The third kappa shape index (κ3) is 4.17. The average molecular weight is 409 g/mol. The third-order valence-electron chi connectivity index (χ3n) is 5.31. The Hall–Kier alpha value is -3.29. The van der Waals surface area contributed by atoms with Crippen LogP contribution in [-0.4, -0.2) is 53.1 Å². The Labute approximate surface area is 175 Å². The van der Waals surface area contributed by atoms with E-state index in [0.717, 1.165) is 18.2 Å².